The van der Waals surface area contributed by atoms with Crippen molar-refractivity contribution < 1.29 is 4.79 Å². The highest BCUT2D eigenvalue weighted by Crippen LogP contribution is 2.35. The number of terminal acetylenes is 1. The summed E-state index contributed by atoms with van der Waals surface area (Å²) in [5, 5.41) is -0.160. The van der Waals surface area contributed by atoms with E-state index in [4.69, 9.17) is 6.42 Å². The molecule has 0 aliphatic carbocycles. The molecule has 0 saturated heterocycles. The van der Waals surface area contributed by atoms with Crippen molar-refractivity contribution in [3.05, 3.63) is 0 Å². The van der Waals surface area contributed by atoms with E-state index >= 15 is 0 Å². The van der Waals surface area contributed by atoms with Gasteiger partial charge in [-0.2, -0.15) is 0 Å². The van der Waals surface area contributed by atoms with Crippen molar-refractivity contribution in [2.75, 3.05) is 5.75 Å². The van der Waals surface area contributed by atoms with Crippen molar-refractivity contribution in [2.45, 2.75) is 41.0 Å². The quantitative estimate of drug-likeness (QED) is 0.667. The van der Waals surface area contributed by atoms with Crippen LogP contribution in [0.25, 0.3) is 0 Å². The van der Waals surface area contributed by atoms with Gasteiger partial charge in [-0.05, 0) is 23.2 Å². The van der Waals surface area contributed by atoms with Gasteiger partial charge in [-0.3, -0.25) is 4.79 Å². The van der Waals surface area contributed by atoms with E-state index in [9.17, 15) is 4.79 Å². The van der Waals surface area contributed by atoms with Crippen molar-refractivity contribution in [3.63, 3.8) is 0 Å². The molecule has 0 saturated carbocycles. The second kappa shape index (κ2) is 4.89. The SMILES string of the molecule is C#CC(=O)SCC(C)(C)CC(C)(C)C. The molecule has 0 fully saturated rings. The van der Waals surface area contributed by atoms with E-state index in [1.54, 1.807) is 0 Å². The first-order valence-electron chi connectivity index (χ1n) is 4.80. The molecule has 0 aromatic rings. The standard InChI is InChI=1S/C12H20OS/c1-7-10(13)14-9-12(5,6)8-11(2,3)4/h1H,8-9H2,2-6H3. The minimum absolute atomic E-state index is 0.160. The molecule has 0 aromatic heterocycles. The third-order valence-corrected chi connectivity index (χ3v) is 3.03. The lowest BCUT2D eigenvalue weighted by Gasteiger charge is -2.31. The first kappa shape index (κ1) is 13.6. The molecule has 0 aliphatic heterocycles. The highest BCUT2D eigenvalue weighted by atomic mass is 32.2. The van der Waals surface area contributed by atoms with E-state index in [0.29, 0.717) is 5.41 Å². The molecule has 0 aromatic carbocycles. The number of carbonyl (C=O) groups excluding carboxylic acids is 1. The normalized spacial score (nSPS) is 12.3. The van der Waals surface area contributed by atoms with Crippen LogP contribution < -0.4 is 0 Å². The lowest BCUT2D eigenvalue weighted by Crippen LogP contribution is -2.23. The van der Waals surface area contributed by atoms with Crippen LogP contribution in [-0.2, 0) is 4.79 Å². The predicted molar refractivity (Wildman–Crippen MR) is 64.2 cm³/mol. The molecule has 0 amide bonds. The summed E-state index contributed by atoms with van der Waals surface area (Å²) in [5.74, 6) is 2.92. The van der Waals surface area contributed by atoms with Crippen LogP contribution >= 0.6 is 11.8 Å². The molecule has 0 unspecified atom stereocenters. The molecule has 0 aliphatic rings. The second-order valence-electron chi connectivity index (χ2n) is 5.62. The van der Waals surface area contributed by atoms with Crippen molar-refractivity contribution >= 4 is 16.9 Å². The van der Waals surface area contributed by atoms with Crippen LogP contribution in [0.1, 0.15) is 41.0 Å². The van der Waals surface area contributed by atoms with Gasteiger partial charge in [0, 0.05) is 5.75 Å². The summed E-state index contributed by atoms with van der Waals surface area (Å²) in [6.07, 6.45) is 6.10. The Morgan fingerprint density at radius 2 is 1.79 bits per heavy atom. The van der Waals surface area contributed by atoms with E-state index < -0.39 is 0 Å². The van der Waals surface area contributed by atoms with Gasteiger partial charge in [-0.25, -0.2) is 0 Å². The first-order valence-corrected chi connectivity index (χ1v) is 5.78. The smallest absolute Gasteiger partial charge is 0.262 e. The molecule has 0 rings (SSSR count). The fraction of sp³-hybridized carbons (Fsp3) is 0.750. The van der Waals surface area contributed by atoms with Crippen LogP contribution in [0.4, 0.5) is 0 Å². The number of thioether (sulfide) groups is 1. The molecule has 1 nitrogen and oxygen atoms in total. The zero-order chi connectivity index (χ0) is 11.4. The highest BCUT2D eigenvalue weighted by Gasteiger charge is 2.26. The Balaban J connectivity index is 4.10. The molecule has 0 radical (unpaired) electrons. The van der Waals surface area contributed by atoms with Gasteiger partial charge in [-0.15, -0.1) is 6.42 Å². The highest BCUT2D eigenvalue weighted by molar-refractivity contribution is 8.14. The second-order valence-corrected chi connectivity index (χ2v) is 6.57. The molecular formula is C12H20OS. The molecule has 0 spiro atoms. The Kier molecular flexibility index (Phi) is 4.74. The van der Waals surface area contributed by atoms with E-state index in [2.05, 4.69) is 40.5 Å². The van der Waals surface area contributed by atoms with Crippen LogP contribution in [0, 0.1) is 23.2 Å². The average molecular weight is 212 g/mol. The third kappa shape index (κ3) is 7.03. The first-order chi connectivity index (χ1) is 6.16. The molecule has 0 bridgehead atoms. The maximum atomic E-state index is 11.0. The van der Waals surface area contributed by atoms with Gasteiger partial charge in [0.25, 0.3) is 5.12 Å². The number of carbonyl (C=O) groups is 1. The van der Waals surface area contributed by atoms with Crippen molar-refractivity contribution in [1.82, 2.24) is 0 Å². The van der Waals surface area contributed by atoms with E-state index in [1.807, 2.05) is 0 Å². The summed E-state index contributed by atoms with van der Waals surface area (Å²) < 4.78 is 0. The maximum absolute atomic E-state index is 11.0. The van der Waals surface area contributed by atoms with E-state index in [-0.39, 0.29) is 10.5 Å². The Labute approximate surface area is 92.0 Å². The van der Waals surface area contributed by atoms with Gasteiger partial charge < -0.3 is 0 Å². The molecule has 0 heterocycles. The van der Waals surface area contributed by atoms with Crippen molar-refractivity contribution in [1.29, 1.82) is 0 Å². The summed E-state index contributed by atoms with van der Waals surface area (Å²) in [4.78, 5) is 11.0. The van der Waals surface area contributed by atoms with Gasteiger partial charge in [0.1, 0.15) is 0 Å². The lowest BCUT2D eigenvalue weighted by molar-refractivity contribution is -0.106. The summed E-state index contributed by atoms with van der Waals surface area (Å²) >= 11 is 1.25. The van der Waals surface area contributed by atoms with Crippen LogP contribution in [0.3, 0.4) is 0 Å². The Morgan fingerprint density at radius 3 is 2.14 bits per heavy atom. The maximum Gasteiger partial charge on any atom is 0.262 e. The Bertz CT molecular complexity index is 240. The minimum Gasteiger partial charge on any atom is -0.272 e. The fourth-order valence-corrected chi connectivity index (χ4v) is 2.50. The summed E-state index contributed by atoms with van der Waals surface area (Å²) in [6, 6.07) is 0. The monoisotopic (exact) mass is 212 g/mol. The molecular weight excluding hydrogens is 192 g/mol. The molecule has 2 heteroatoms. The predicted octanol–water partition coefficient (Wildman–Crippen LogP) is 3.34. The van der Waals surface area contributed by atoms with Gasteiger partial charge in [0.15, 0.2) is 0 Å². The number of rotatable bonds is 3. The number of hydrogen-bond acceptors (Lipinski definition) is 2. The Hall–Kier alpha value is -0.420. The number of hydrogen-bond donors (Lipinski definition) is 0. The molecule has 0 N–H and O–H groups in total. The topological polar surface area (TPSA) is 17.1 Å². The van der Waals surface area contributed by atoms with Crippen LogP contribution in [0.2, 0.25) is 0 Å². The zero-order valence-electron chi connectivity index (χ0n) is 9.81. The van der Waals surface area contributed by atoms with Crippen molar-refractivity contribution in [2.24, 2.45) is 10.8 Å². The van der Waals surface area contributed by atoms with Gasteiger partial charge in [-0.1, -0.05) is 46.4 Å². The van der Waals surface area contributed by atoms with E-state index in [1.165, 1.54) is 11.8 Å². The van der Waals surface area contributed by atoms with Crippen LogP contribution in [-0.4, -0.2) is 10.9 Å². The lowest BCUT2D eigenvalue weighted by atomic mass is 9.77. The van der Waals surface area contributed by atoms with Crippen LogP contribution in [0.5, 0.6) is 0 Å². The largest absolute Gasteiger partial charge is 0.272 e. The van der Waals surface area contributed by atoms with Gasteiger partial charge >= 0.3 is 0 Å². The third-order valence-electron chi connectivity index (χ3n) is 1.72. The van der Waals surface area contributed by atoms with E-state index in [0.717, 1.165) is 12.2 Å². The molecule has 0 atom stereocenters. The summed E-state index contributed by atoms with van der Waals surface area (Å²) in [7, 11) is 0. The summed E-state index contributed by atoms with van der Waals surface area (Å²) in [6.45, 7) is 11.0. The fourth-order valence-electron chi connectivity index (χ4n) is 1.79. The van der Waals surface area contributed by atoms with Crippen molar-refractivity contribution in [3.8, 4) is 12.3 Å². The average Bonchev–Trinajstić information content (AvgIpc) is 1.96. The summed E-state index contributed by atoms with van der Waals surface area (Å²) in [5.41, 5.74) is 0.457. The zero-order valence-corrected chi connectivity index (χ0v) is 10.6. The minimum atomic E-state index is -0.160. The van der Waals surface area contributed by atoms with Gasteiger partial charge in [0.2, 0.25) is 0 Å². The Morgan fingerprint density at radius 1 is 1.29 bits per heavy atom. The molecule has 80 valence electrons. The van der Waals surface area contributed by atoms with Gasteiger partial charge in [0.05, 0.1) is 0 Å². The molecule has 14 heavy (non-hydrogen) atoms. The van der Waals surface area contributed by atoms with Crippen LogP contribution in [0.15, 0.2) is 0 Å².